The molecule has 0 bridgehead atoms. The van der Waals surface area contributed by atoms with Crippen LogP contribution in [0, 0.1) is 0 Å². The predicted molar refractivity (Wildman–Crippen MR) is 68.1 cm³/mol. The number of carbonyl (C=O) groups excluding carboxylic acids is 1. The van der Waals surface area contributed by atoms with E-state index >= 15 is 0 Å². The third-order valence-electron chi connectivity index (χ3n) is 3.47. The summed E-state index contributed by atoms with van der Waals surface area (Å²) in [5.74, 6) is 0.262. The van der Waals surface area contributed by atoms with Crippen molar-refractivity contribution in [3.8, 4) is 0 Å². The van der Waals surface area contributed by atoms with Crippen molar-refractivity contribution in [3.63, 3.8) is 0 Å². The second kappa shape index (κ2) is 6.54. The van der Waals surface area contributed by atoms with E-state index < -0.39 is 0 Å². The number of ether oxygens (including phenoxy) is 1. The Balaban J connectivity index is 1.73. The molecule has 1 saturated heterocycles. The summed E-state index contributed by atoms with van der Waals surface area (Å²) in [5.41, 5.74) is 1.16. The Morgan fingerprint density at radius 3 is 3.28 bits per heavy atom. The SMILES string of the molecule is COC[C@H]1CCCN1C(=O)CCCc1cn[nH]c1. The molecule has 5 heteroatoms. The Morgan fingerprint density at radius 1 is 1.67 bits per heavy atom. The van der Waals surface area contributed by atoms with Gasteiger partial charge in [-0.1, -0.05) is 0 Å². The van der Waals surface area contributed by atoms with Crippen molar-refractivity contribution < 1.29 is 9.53 Å². The van der Waals surface area contributed by atoms with Crippen LogP contribution in [0.2, 0.25) is 0 Å². The van der Waals surface area contributed by atoms with Gasteiger partial charge < -0.3 is 9.64 Å². The molecule has 1 aliphatic heterocycles. The molecule has 1 N–H and O–H groups in total. The molecule has 0 saturated carbocycles. The van der Waals surface area contributed by atoms with Gasteiger partial charge in [0, 0.05) is 26.3 Å². The predicted octanol–water partition coefficient (Wildman–Crippen LogP) is 1.37. The van der Waals surface area contributed by atoms with Gasteiger partial charge >= 0.3 is 0 Å². The van der Waals surface area contributed by atoms with Gasteiger partial charge in [0.1, 0.15) is 0 Å². The third-order valence-corrected chi connectivity index (χ3v) is 3.47. The van der Waals surface area contributed by atoms with E-state index in [0.717, 1.165) is 37.8 Å². The number of carbonyl (C=O) groups is 1. The zero-order chi connectivity index (χ0) is 12.8. The quantitative estimate of drug-likeness (QED) is 0.830. The van der Waals surface area contributed by atoms with Crippen LogP contribution in [-0.4, -0.2) is 47.3 Å². The molecule has 2 rings (SSSR count). The topological polar surface area (TPSA) is 58.2 Å². The monoisotopic (exact) mass is 251 g/mol. The first-order valence-corrected chi connectivity index (χ1v) is 6.57. The Kier molecular flexibility index (Phi) is 4.75. The van der Waals surface area contributed by atoms with Gasteiger partial charge in [0.2, 0.25) is 5.91 Å². The van der Waals surface area contributed by atoms with Crippen molar-refractivity contribution in [1.29, 1.82) is 0 Å². The van der Waals surface area contributed by atoms with Gasteiger partial charge in [-0.25, -0.2) is 0 Å². The molecule has 0 radical (unpaired) electrons. The van der Waals surface area contributed by atoms with Crippen LogP contribution >= 0.6 is 0 Å². The van der Waals surface area contributed by atoms with Gasteiger partial charge in [-0.3, -0.25) is 9.89 Å². The molecule has 1 amide bonds. The van der Waals surface area contributed by atoms with Gasteiger partial charge in [0.25, 0.3) is 0 Å². The van der Waals surface area contributed by atoms with Gasteiger partial charge in [0.05, 0.1) is 18.8 Å². The molecule has 100 valence electrons. The first kappa shape index (κ1) is 13.1. The van der Waals surface area contributed by atoms with Gasteiger partial charge in [-0.15, -0.1) is 0 Å². The van der Waals surface area contributed by atoms with Crippen molar-refractivity contribution in [2.75, 3.05) is 20.3 Å². The summed E-state index contributed by atoms with van der Waals surface area (Å²) in [6, 6.07) is 0.288. The van der Waals surface area contributed by atoms with E-state index in [1.807, 2.05) is 17.3 Å². The fourth-order valence-electron chi connectivity index (χ4n) is 2.53. The zero-order valence-electron chi connectivity index (χ0n) is 10.9. The van der Waals surface area contributed by atoms with E-state index in [-0.39, 0.29) is 11.9 Å². The summed E-state index contributed by atoms with van der Waals surface area (Å²) in [7, 11) is 1.69. The van der Waals surface area contributed by atoms with E-state index in [2.05, 4.69) is 10.2 Å². The average molecular weight is 251 g/mol. The van der Waals surface area contributed by atoms with Gasteiger partial charge in [0.15, 0.2) is 0 Å². The molecule has 1 aliphatic rings. The van der Waals surface area contributed by atoms with E-state index in [4.69, 9.17) is 4.74 Å². The second-order valence-corrected chi connectivity index (χ2v) is 4.80. The maximum absolute atomic E-state index is 12.1. The lowest BCUT2D eigenvalue weighted by atomic mass is 10.1. The van der Waals surface area contributed by atoms with E-state index in [1.165, 1.54) is 0 Å². The Bertz CT molecular complexity index is 364. The van der Waals surface area contributed by atoms with Crippen LogP contribution in [0.15, 0.2) is 12.4 Å². The first-order chi connectivity index (χ1) is 8.81. The van der Waals surface area contributed by atoms with Crippen molar-refractivity contribution >= 4 is 5.91 Å². The number of nitrogens with zero attached hydrogens (tertiary/aromatic N) is 2. The van der Waals surface area contributed by atoms with Crippen LogP contribution in [0.3, 0.4) is 0 Å². The normalized spacial score (nSPS) is 19.4. The van der Waals surface area contributed by atoms with E-state index in [0.29, 0.717) is 13.0 Å². The lowest BCUT2D eigenvalue weighted by molar-refractivity contribution is -0.133. The zero-order valence-corrected chi connectivity index (χ0v) is 10.9. The van der Waals surface area contributed by atoms with Crippen LogP contribution in [0.4, 0.5) is 0 Å². The average Bonchev–Trinajstić information content (AvgIpc) is 3.00. The second-order valence-electron chi connectivity index (χ2n) is 4.80. The summed E-state index contributed by atoms with van der Waals surface area (Å²) in [4.78, 5) is 14.1. The Hall–Kier alpha value is -1.36. The van der Waals surface area contributed by atoms with Gasteiger partial charge in [-0.2, -0.15) is 5.10 Å². The lowest BCUT2D eigenvalue weighted by Crippen LogP contribution is -2.37. The molecule has 0 spiro atoms. The number of rotatable bonds is 6. The summed E-state index contributed by atoms with van der Waals surface area (Å²) in [6.45, 7) is 1.55. The molecule has 0 aromatic carbocycles. The number of aryl methyl sites for hydroxylation is 1. The third kappa shape index (κ3) is 3.32. The summed E-state index contributed by atoms with van der Waals surface area (Å²) in [6.07, 6.45) is 8.27. The molecule has 0 aliphatic carbocycles. The first-order valence-electron chi connectivity index (χ1n) is 6.57. The van der Waals surface area contributed by atoms with Crippen molar-refractivity contribution in [2.45, 2.75) is 38.1 Å². The summed E-state index contributed by atoms with van der Waals surface area (Å²) in [5, 5.41) is 6.68. The number of H-pyrrole nitrogens is 1. The molecule has 18 heavy (non-hydrogen) atoms. The fraction of sp³-hybridized carbons (Fsp3) is 0.692. The van der Waals surface area contributed by atoms with Crippen LogP contribution in [0.1, 0.15) is 31.2 Å². The van der Waals surface area contributed by atoms with Crippen LogP contribution in [-0.2, 0) is 16.0 Å². The molecule has 2 heterocycles. The van der Waals surface area contributed by atoms with Crippen molar-refractivity contribution in [1.82, 2.24) is 15.1 Å². The summed E-state index contributed by atoms with van der Waals surface area (Å²) < 4.78 is 5.16. The van der Waals surface area contributed by atoms with Gasteiger partial charge in [-0.05, 0) is 31.2 Å². The molecule has 1 aromatic rings. The number of methoxy groups -OCH3 is 1. The maximum Gasteiger partial charge on any atom is 0.222 e. The Morgan fingerprint density at radius 2 is 2.56 bits per heavy atom. The van der Waals surface area contributed by atoms with Crippen LogP contribution < -0.4 is 0 Å². The fourth-order valence-corrected chi connectivity index (χ4v) is 2.53. The molecule has 0 unspecified atom stereocenters. The minimum Gasteiger partial charge on any atom is -0.383 e. The largest absolute Gasteiger partial charge is 0.383 e. The minimum absolute atomic E-state index is 0.262. The van der Waals surface area contributed by atoms with E-state index in [9.17, 15) is 4.79 Å². The number of amides is 1. The highest BCUT2D eigenvalue weighted by atomic mass is 16.5. The molecule has 5 nitrogen and oxygen atoms in total. The highest BCUT2D eigenvalue weighted by Gasteiger charge is 2.27. The number of likely N-dealkylation sites (tertiary alicyclic amines) is 1. The number of aromatic amines is 1. The van der Waals surface area contributed by atoms with Crippen LogP contribution in [0.25, 0.3) is 0 Å². The molecule has 1 aromatic heterocycles. The summed E-state index contributed by atoms with van der Waals surface area (Å²) >= 11 is 0. The highest BCUT2D eigenvalue weighted by molar-refractivity contribution is 5.76. The maximum atomic E-state index is 12.1. The molecule has 1 fully saturated rings. The number of hydrogen-bond acceptors (Lipinski definition) is 3. The molecular formula is C13H21N3O2. The smallest absolute Gasteiger partial charge is 0.222 e. The van der Waals surface area contributed by atoms with E-state index in [1.54, 1.807) is 7.11 Å². The highest BCUT2D eigenvalue weighted by Crippen LogP contribution is 2.19. The Labute approximate surface area is 108 Å². The molecule has 1 atom stereocenters. The minimum atomic E-state index is 0.262. The number of hydrogen-bond donors (Lipinski definition) is 1. The van der Waals surface area contributed by atoms with Crippen LogP contribution in [0.5, 0.6) is 0 Å². The van der Waals surface area contributed by atoms with Crippen molar-refractivity contribution in [3.05, 3.63) is 18.0 Å². The lowest BCUT2D eigenvalue weighted by Gasteiger charge is -2.24. The molecular weight excluding hydrogens is 230 g/mol. The number of nitrogens with one attached hydrogen (secondary N) is 1. The van der Waals surface area contributed by atoms with Crippen molar-refractivity contribution in [2.24, 2.45) is 0 Å². The number of aromatic nitrogens is 2. The standard InChI is InChI=1S/C13H21N3O2/c1-18-10-12-5-3-7-16(12)13(17)6-2-4-11-8-14-15-9-11/h8-9,12H,2-7,10H2,1H3,(H,14,15)/t12-/m1/s1.